The molecule has 1 N–H and O–H groups in total. The maximum absolute atomic E-state index is 6.27. The summed E-state index contributed by atoms with van der Waals surface area (Å²) >= 11 is 7.89. The number of thiazole rings is 1. The molecule has 0 aliphatic carbocycles. The van der Waals surface area contributed by atoms with Crippen molar-refractivity contribution in [2.24, 2.45) is 0 Å². The second kappa shape index (κ2) is 5.19. The van der Waals surface area contributed by atoms with E-state index in [1.807, 2.05) is 23.7 Å². The third-order valence-corrected chi connectivity index (χ3v) is 4.28. The van der Waals surface area contributed by atoms with Gasteiger partial charge < -0.3 is 5.32 Å². The Balaban J connectivity index is 1.92. The molecule has 3 aromatic rings. The van der Waals surface area contributed by atoms with Gasteiger partial charge in [0.1, 0.15) is 5.52 Å². The number of nitrogens with one attached hydrogen (secondary N) is 1. The van der Waals surface area contributed by atoms with Gasteiger partial charge in [-0.3, -0.25) is 0 Å². The molecule has 0 atom stereocenters. The van der Waals surface area contributed by atoms with E-state index in [0.29, 0.717) is 5.02 Å². The highest BCUT2D eigenvalue weighted by molar-refractivity contribution is 7.16. The van der Waals surface area contributed by atoms with Gasteiger partial charge in [0.05, 0.1) is 20.9 Å². The number of nitrogens with zero attached hydrogens (tertiary/aromatic N) is 1. The third-order valence-electron chi connectivity index (χ3n) is 3.17. The molecule has 4 heteroatoms. The minimum absolute atomic E-state index is 0.715. The molecule has 19 heavy (non-hydrogen) atoms. The first-order valence-corrected chi connectivity index (χ1v) is 7.31. The van der Waals surface area contributed by atoms with E-state index in [-0.39, 0.29) is 0 Å². The SMILES string of the molecule is Cc1ccccc1CNc1c(Cl)ccc2scnc12. The maximum Gasteiger partial charge on any atom is 0.106 e. The summed E-state index contributed by atoms with van der Waals surface area (Å²) in [7, 11) is 0. The Morgan fingerprint density at radius 2 is 2.05 bits per heavy atom. The number of anilines is 1. The van der Waals surface area contributed by atoms with E-state index in [2.05, 4.69) is 35.4 Å². The number of fused-ring (bicyclic) bond motifs is 1. The molecular formula is C15H13ClN2S. The Kier molecular flexibility index (Phi) is 3.40. The molecular weight excluding hydrogens is 276 g/mol. The molecule has 96 valence electrons. The molecule has 0 saturated heterocycles. The van der Waals surface area contributed by atoms with Gasteiger partial charge in [-0.15, -0.1) is 11.3 Å². The van der Waals surface area contributed by atoms with Crippen LogP contribution in [0.4, 0.5) is 5.69 Å². The number of aryl methyl sites for hydroxylation is 1. The summed E-state index contributed by atoms with van der Waals surface area (Å²) in [5.74, 6) is 0. The van der Waals surface area contributed by atoms with Crippen LogP contribution in [0, 0.1) is 6.92 Å². The largest absolute Gasteiger partial charge is 0.378 e. The predicted octanol–water partition coefficient (Wildman–Crippen LogP) is 4.87. The summed E-state index contributed by atoms with van der Waals surface area (Å²) < 4.78 is 1.15. The second-order valence-electron chi connectivity index (χ2n) is 4.40. The van der Waals surface area contributed by atoms with Crippen LogP contribution in [-0.2, 0) is 6.54 Å². The normalized spacial score (nSPS) is 10.8. The number of rotatable bonds is 3. The monoisotopic (exact) mass is 288 g/mol. The van der Waals surface area contributed by atoms with Crippen molar-refractivity contribution in [1.82, 2.24) is 4.98 Å². The molecule has 0 unspecified atom stereocenters. The van der Waals surface area contributed by atoms with Crippen molar-refractivity contribution in [2.45, 2.75) is 13.5 Å². The van der Waals surface area contributed by atoms with Gasteiger partial charge in [-0.25, -0.2) is 4.98 Å². The van der Waals surface area contributed by atoms with Crippen LogP contribution in [-0.4, -0.2) is 4.98 Å². The number of halogens is 1. The van der Waals surface area contributed by atoms with Gasteiger partial charge in [0, 0.05) is 6.54 Å². The summed E-state index contributed by atoms with van der Waals surface area (Å²) in [5.41, 5.74) is 6.26. The van der Waals surface area contributed by atoms with Crippen LogP contribution >= 0.6 is 22.9 Å². The van der Waals surface area contributed by atoms with Crippen LogP contribution in [0.1, 0.15) is 11.1 Å². The van der Waals surface area contributed by atoms with Crippen LogP contribution in [0.2, 0.25) is 5.02 Å². The number of aromatic nitrogens is 1. The molecule has 0 aliphatic heterocycles. The first kappa shape index (κ1) is 12.5. The van der Waals surface area contributed by atoms with E-state index in [9.17, 15) is 0 Å². The number of benzene rings is 2. The fourth-order valence-corrected chi connectivity index (χ4v) is 2.97. The number of hydrogen-bond acceptors (Lipinski definition) is 3. The van der Waals surface area contributed by atoms with Crippen molar-refractivity contribution in [3.05, 3.63) is 58.1 Å². The van der Waals surface area contributed by atoms with Gasteiger partial charge in [0.15, 0.2) is 0 Å². The lowest BCUT2D eigenvalue weighted by Crippen LogP contribution is -2.02. The Labute approximate surface area is 121 Å². The highest BCUT2D eigenvalue weighted by atomic mass is 35.5. The van der Waals surface area contributed by atoms with Crippen LogP contribution in [0.25, 0.3) is 10.2 Å². The molecule has 1 aromatic heterocycles. The van der Waals surface area contributed by atoms with E-state index >= 15 is 0 Å². The minimum atomic E-state index is 0.715. The van der Waals surface area contributed by atoms with Crippen LogP contribution in [0.5, 0.6) is 0 Å². The van der Waals surface area contributed by atoms with Gasteiger partial charge in [-0.05, 0) is 30.2 Å². The van der Waals surface area contributed by atoms with Gasteiger partial charge >= 0.3 is 0 Å². The molecule has 0 amide bonds. The standard InChI is InChI=1S/C15H13ClN2S/c1-10-4-2-3-5-11(10)8-17-14-12(16)6-7-13-15(14)18-9-19-13/h2-7,9,17H,8H2,1H3. The van der Waals surface area contributed by atoms with Crippen molar-refractivity contribution in [2.75, 3.05) is 5.32 Å². The summed E-state index contributed by atoms with van der Waals surface area (Å²) in [6.45, 7) is 2.87. The average Bonchev–Trinajstić information content (AvgIpc) is 2.88. The average molecular weight is 289 g/mol. The van der Waals surface area contributed by atoms with E-state index < -0.39 is 0 Å². The summed E-state index contributed by atoms with van der Waals surface area (Å²) in [5, 5.41) is 4.13. The summed E-state index contributed by atoms with van der Waals surface area (Å²) in [6, 6.07) is 12.3. The molecule has 0 saturated carbocycles. The lowest BCUT2D eigenvalue weighted by molar-refractivity contribution is 1.12. The topological polar surface area (TPSA) is 24.9 Å². The predicted molar refractivity (Wildman–Crippen MR) is 83.1 cm³/mol. The van der Waals surface area contributed by atoms with Crippen molar-refractivity contribution in [3.63, 3.8) is 0 Å². The minimum Gasteiger partial charge on any atom is -0.378 e. The van der Waals surface area contributed by atoms with Crippen molar-refractivity contribution in [3.8, 4) is 0 Å². The molecule has 0 spiro atoms. The first-order valence-electron chi connectivity index (χ1n) is 6.06. The van der Waals surface area contributed by atoms with Crippen LogP contribution in [0.3, 0.4) is 0 Å². The molecule has 0 radical (unpaired) electrons. The van der Waals surface area contributed by atoms with Crippen molar-refractivity contribution in [1.29, 1.82) is 0 Å². The summed E-state index contributed by atoms with van der Waals surface area (Å²) in [4.78, 5) is 4.39. The maximum atomic E-state index is 6.27. The zero-order valence-corrected chi connectivity index (χ0v) is 12.1. The summed E-state index contributed by atoms with van der Waals surface area (Å²) in [6.07, 6.45) is 0. The van der Waals surface area contributed by atoms with E-state index in [0.717, 1.165) is 22.4 Å². The first-order chi connectivity index (χ1) is 9.25. The lowest BCUT2D eigenvalue weighted by Gasteiger charge is -2.11. The zero-order chi connectivity index (χ0) is 13.2. The highest BCUT2D eigenvalue weighted by Crippen LogP contribution is 2.32. The van der Waals surface area contributed by atoms with Gasteiger partial charge in [-0.2, -0.15) is 0 Å². The second-order valence-corrected chi connectivity index (χ2v) is 5.70. The van der Waals surface area contributed by atoms with Gasteiger partial charge in [0.25, 0.3) is 0 Å². The van der Waals surface area contributed by atoms with E-state index in [1.165, 1.54) is 11.1 Å². The molecule has 0 bridgehead atoms. The van der Waals surface area contributed by atoms with Crippen LogP contribution < -0.4 is 5.32 Å². The molecule has 3 rings (SSSR count). The quantitative estimate of drug-likeness (QED) is 0.744. The lowest BCUT2D eigenvalue weighted by atomic mass is 10.1. The van der Waals surface area contributed by atoms with E-state index in [4.69, 9.17) is 11.6 Å². The fraction of sp³-hybridized carbons (Fsp3) is 0.133. The number of hydrogen-bond donors (Lipinski definition) is 1. The Morgan fingerprint density at radius 1 is 1.21 bits per heavy atom. The smallest absolute Gasteiger partial charge is 0.106 e. The van der Waals surface area contributed by atoms with Crippen LogP contribution in [0.15, 0.2) is 41.9 Å². The molecule has 2 nitrogen and oxygen atoms in total. The Bertz CT molecular complexity index is 721. The molecule has 0 fully saturated rings. The Hall–Kier alpha value is -1.58. The van der Waals surface area contributed by atoms with Crippen molar-refractivity contribution >= 4 is 38.8 Å². The zero-order valence-electron chi connectivity index (χ0n) is 10.5. The van der Waals surface area contributed by atoms with E-state index in [1.54, 1.807) is 11.3 Å². The molecule has 2 aromatic carbocycles. The van der Waals surface area contributed by atoms with Crippen molar-refractivity contribution < 1.29 is 0 Å². The molecule has 1 heterocycles. The van der Waals surface area contributed by atoms with Gasteiger partial charge in [0.2, 0.25) is 0 Å². The molecule has 0 aliphatic rings. The van der Waals surface area contributed by atoms with Gasteiger partial charge in [-0.1, -0.05) is 35.9 Å². The third kappa shape index (κ3) is 2.44. The Morgan fingerprint density at radius 3 is 2.89 bits per heavy atom. The fourth-order valence-electron chi connectivity index (χ4n) is 2.07. The highest BCUT2D eigenvalue weighted by Gasteiger charge is 2.08.